The number of hydrogen-bond donors (Lipinski definition) is 0. The van der Waals surface area contributed by atoms with Crippen LogP contribution in [0.25, 0.3) is 11.6 Å². The molecule has 2 aromatic rings. The molecule has 106 valence electrons. The van der Waals surface area contributed by atoms with Gasteiger partial charge in [-0.15, -0.1) is 0 Å². The molecule has 0 fully saturated rings. The van der Waals surface area contributed by atoms with Crippen LogP contribution in [0.4, 0.5) is 0 Å². The Balaban J connectivity index is 2.27. The van der Waals surface area contributed by atoms with Crippen LogP contribution in [-0.2, 0) is 9.53 Å². The quantitative estimate of drug-likeness (QED) is 0.737. The van der Waals surface area contributed by atoms with E-state index in [-0.39, 0.29) is 5.97 Å². The minimum atomic E-state index is -0.363. The van der Waals surface area contributed by atoms with Gasteiger partial charge in [-0.2, -0.15) is 0 Å². The molecule has 0 amide bonds. The first-order chi connectivity index (χ1) is 10.1. The van der Waals surface area contributed by atoms with Crippen molar-refractivity contribution in [2.75, 3.05) is 7.11 Å². The van der Waals surface area contributed by atoms with Gasteiger partial charge in [-0.05, 0) is 43.7 Å². The fraction of sp³-hybridized carbons (Fsp3) is 0.167. The van der Waals surface area contributed by atoms with Gasteiger partial charge in [0.1, 0.15) is 11.5 Å². The van der Waals surface area contributed by atoms with Gasteiger partial charge in [0, 0.05) is 11.1 Å². The van der Waals surface area contributed by atoms with Crippen molar-refractivity contribution in [3.8, 4) is 11.5 Å². The van der Waals surface area contributed by atoms with E-state index in [4.69, 9.17) is 9.47 Å². The lowest BCUT2D eigenvalue weighted by Gasteiger charge is -2.11. The minimum Gasteiger partial charge on any atom is -0.465 e. The summed E-state index contributed by atoms with van der Waals surface area (Å²) in [5, 5.41) is 0. The number of esters is 1. The second-order valence-electron chi connectivity index (χ2n) is 5.19. The van der Waals surface area contributed by atoms with E-state index in [1.165, 1.54) is 7.11 Å². The number of ether oxygens (including phenoxy) is 2. The van der Waals surface area contributed by atoms with E-state index >= 15 is 0 Å². The standard InChI is InChI=1S/C18H16O3/c1-11-5-7-16-13(8-11)10-15(18(19)20-3)14-6-4-12(2)9-17(14)21-16/h4-10H,1-3H3. The first kappa shape index (κ1) is 13.4. The minimum absolute atomic E-state index is 0.363. The molecule has 0 saturated heterocycles. The SMILES string of the molecule is COC(=O)C1=Cc2cc(C)ccc2Oc2cc(C)ccc21. The number of benzene rings is 2. The second-order valence-corrected chi connectivity index (χ2v) is 5.19. The van der Waals surface area contributed by atoms with Crippen molar-refractivity contribution in [3.63, 3.8) is 0 Å². The highest BCUT2D eigenvalue weighted by Crippen LogP contribution is 2.39. The highest BCUT2D eigenvalue weighted by molar-refractivity contribution is 6.22. The molecule has 3 rings (SSSR count). The Morgan fingerprint density at radius 3 is 2.48 bits per heavy atom. The Kier molecular flexibility index (Phi) is 3.26. The van der Waals surface area contributed by atoms with Crippen LogP contribution in [0.15, 0.2) is 36.4 Å². The smallest absolute Gasteiger partial charge is 0.338 e. The third-order valence-corrected chi connectivity index (χ3v) is 3.52. The monoisotopic (exact) mass is 280 g/mol. The van der Waals surface area contributed by atoms with Crippen LogP contribution < -0.4 is 4.74 Å². The van der Waals surface area contributed by atoms with Crippen LogP contribution in [0.5, 0.6) is 11.5 Å². The van der Waals surface area contributed by atoms with Crippen LogP contribution in [0.3, 0.4) is 0 Å². The van der Waals surface area contributed by atoms with Crippen LogP contribution in [0.2, 0.25) is 0 Å². The van der Waals surface area contributed by atoms with Crippen LogP contribution >= 0.6 is 0 Å². The Hall–Kier alpha value is -2.55. The van der Waals surface area contributed by atoms with E-state index in [1.54, 1.807) is 0 Å². The summed E-state index contributed by atoms with van der Waals surface area (Å²) in [6.45, 7) is 4.00. The van der Waals surface area contributed by atoms with Gasteiger partial charge < -0.3 is 9.47 Å². The lowest BCUT2D eigenvalue weighted by molar-refractivity contribution is -0.133. The molecule has 0 aromatic heterocycles. The van der Waals surface area contributed by atoms with Crippen molar-refractivity contribution in [2.45, 2.75) is 13.8 Å². The van der Waals surface area contributed by atoms with Crippen molar-refractivity contribution in [2.24, 2.45) is 0 Å². The van der Waals surface area contributed by atoms with Crippen molar-refractivity contribution in [1.29, 1.82) is 0 Å². The highest BCUT2D eigenvalue weighted by atomic mass is 16.5. The topological polar surface area (TPSA) is 35.5 Å². The zero-order valence-corrected chi connectivity index (χ0v) is 12.3. The summed E-state index contributed by atoms with van der Waals surface area (Å²) >= 11 is 0. The molecule has 21 heavy (non-hydrogen) atoms. The average molecular weight is 280 g/mol. The Labute approximate surface area is 123 Å². The Bertz CT molecular complexity index is 757. The molecule has 1 aliphatic heterocycles. The predicted molar refractivity (Wildman–Crippen MR) is 82.3 cm³/mol. The van der Waals surface area contributed by atoms with Gasteiger partial charge in [-0.1, -0.05) is 23.8 Å². The molecule has 3 heteroatoms. The third kappa shape index (κ3) is 2.42. The van der Waals surface area contributed by atoms with Crippen molar-refractivity contribution in [1.82, 2.24) is 0 Å². The van der Waals surface area contributed by atoms with Crippen molar-refractivity contribution >= 4 is 17.6 Å². The summed E-state index contributed by atoms with van der Waals surface area (Å²) in [5.41, 5.74) is 4.33. The van der Waals surface area contributed by atoms with Crippen LogP contribution in [-0.4, -0.2) is 13.1 Å². The summed E-state index contributed by atoms with van der Waals surface area (Å²) in [6, 6.07) is 11.7. The Morgan fingerprint density at radius 2 is 1.71 bits per heavy atom. The fourth-order valence-electron chi connectivity index (χ4n) is 2.44. The van der Waals surface area contributed by atoms with E-state index in [1.807, 2.05) is 56.3 Å². The summed E-state index contributed by atoms with van der Waals surface area (Å²) in [4.78, 5) is 12.1. The normalized spacial score (nSPS) is 12.4. The zero-order chi connectivity index (χ0) is 15.0. The van der Waals surface area contributed by atoms with E-state index in [9.17, 15) is 4.79 Å². The van der Waals surface area contributed by atoms with Crippen molar-refractivity contribution < 1.29 is 14.3 Å². The Morgan fingerprint density at radius 1 is 1.00 bits per heavy atom. The molecular weight excluding hydrogens is 264 g/mol. The van der Waals surface area contributed by atoms with Gasteiger partial charge >= 0.3 is 5.97 Å². The number of methoxy groups -OCH3 is 1. The number of rotatable bonds is 1. The largest absolute Gasteiger partial charge is 0.465 e. The van der Waals surface area contributed by atoms with Crippen LogP contribution in [0, 0.1) is 13.8 Å². The number of carbonyl (C=O) groups is 1. The van der Waals surface area contributed by atoms with Gasteiger partial charge in [-0.25, -0.2) is 4.79 Å². The van der Waals surface area contributed by atoms with E-state index in [0.717, 1.165) is 28.0 Å². The van der Waals surface area contributed by atoms with Crippen LogP contribution in [0.1, 0.15) is 22.3 Å². The van der Waals surface area contributed by atoms with E-state index < -0.39 is 0 Å². The summed E-state index contributed by atoms with van der Waals surface area (Å²) in [7, 11) is 1.39. The van der Waals surface area contributed by atoms with Gasteiger partial charge in [0.2, 0.25) is 0 Å². The molecule has 1 aliphatic rings. The maximum absolute atomic E-state index is 12.1. The highest BCUT2D eigenvalue weighted by Gasteiger charge is 2.22. The average Bonchev–Trinajstić information content (AvgIpc) is 2.62. The van der Waals surface area contributed by atoms with Gasteiger partial charge in [0.15, 0.2) is 0 Å². The lowest BCUT2D eigenvalue weighted by Crippen LogP contribution is -2.04. The first-order valence-electron chi connectivity index (χ1n) is 6.78. The van der Waals surface area contributed by atoms with Gasteiger partial charge in [0.25, 0.3) is 0 Å². The van der Waals surface area contributed by atoms with E-state index in [2.05, 4.69) is 0 Å². The number of hydrogen-bond acceptors (Lipinski definition) is 3. The molecule has 3 nitrogen and oxygen atoms in total. The number of fused-ring (bicyclic) bond motifs is 2. The molecule has 2 aromatic carbocycles. The molecular formula is C18H16O3. The second kappa shape index (κ2) is 5.09. The predicted octanol–water partition coefficient (Wildman–Crippen LogP) is 4.12. The maximum Gasteiger partial charge on any atom is 0.338 e. The molecule has 0 radical (unpaired) electrons. The van der Waals surface area contributed by atoms with Gasteiger partial charge in [0.05, 0.1) is 12.7 Å². The number of aryl methyl sites for hydroxylation is 2. The fourth-order valence-corrected chi connectivity index (χ4v) is 2.44. The van der Waals surface area contributed by atoms with Gasteiger partial charge in [-0.3, -0.25) is 0 Å². The molecule has 0 bridgehead atoms. The zero-order valence-electron chi connectivity index (χ0n) is 12.3. The maximum atomic E-state index is 12.1. The van der Waals surface area contributed by atoms with E-state index in [0.29, 0.717) is 11.3 Å². The molecule has 0 atom stereocenters. The third-order valence-electron chi connectivity index (χ3n) is 3.52. The summed E-state index contributed by atoms with van der Waals surface area (Å²) < 4.78 is 10.9. The number of carbonyl (C=O) groups excluding carboxylic acids is 1. The molecule has 0 spiro atoms. The lowest BCUT2D eigenvalue weighted by atomic mass is 10.0. The first-order valence-corrected chi connectivity index (χ1v) is 6.78. The molecule has 1 heterocycles. The molecule has 0 saturated carbocycles. The molecule has 0 unspecified atom stereocenters. The van der Waals surface area contributed by atoms with Crippen molar-refractivity contribution in [3.05, 3.63) is 58.7 Å². The molecule has 0 aliphatic carbocycles. The summed E-state index contributed by atoms with van der Waals surface area (Å²) in [5.74, 6) is 1.05. The summed E-state index contributed by atoms with van der Waals surface area (Å²) in [6.07, 6.45) is 1.83. The molecule has 0 N–H and O–H groups in total.